The SMILES string of the molecule is O=C(C1CCCS1)N(CC1CCNCC1)C1CC1. The van der Waals surface area contributed by atoms with Crippen LogP contribution in [0.3, 0.4) is 0 Å². The second-order valence-corrected chi connectivity index (χ2v) is 7.23. The molecule has 0 aromatic heterocycles. The van der Waals surface area contributed by atoms with E-state index in [1.54, 1.807) is 0 Å². The molecule has 0 bridgehead atoms. The molecule has 102 valence electrons. The molecule has 0 aromatic carbocycles. The van der Waals surface area contributed by atoms with E-state index in [0.717, 1.165) is 32.0 Å². The molecule has 3 nitrogen and oxygen atoms in total. The van der Waals surface area contributed by atoms with Crippen molar-refractivity contribution in [1.29, 1.82) is 0 Å². The van der Waals surface area contributed by atoms with Crippen LogP contribution in [-0.2, 0) is 4.79 Å². The van der Waals surface area contributed by atoms with Crippen LogP contribution in [0.5, 0.6) is 0 Å². The van der Waals surface area contributed by atoms with E-state index in [2.05, 4.69) is 10.2 Å². The zero-order valence-corrected chi connectivity index (χ0v) is 11.9. The van der Waals surface area contributed by atoms with E-state index in [1.165, 1.54) is 37.9 Å². The molecular formula is C14H24N2OS. The average Bonchev–Trinajstić information content (AvgIpc) is 3.10. The number of carbonyl (C=O) groups is 1. The Morgan fingerprint density at radius 3 is 2.56 bits per heavy atom. The molecule has 4 heteroatoms. The zero-order valence-electron chi connectivity index (χ0n) is 11.1. The van der Waals surface area contributed by atoms with Crippen molar-refractivity contribution < 1.29 is 4.79 Å². The molecule has 3 aliphatic rings. The molecule has 3 fully saturated rings. The Kier molecular flexibility index (Phi) is 4.14. The third kappa shape index (κ3) is 3.02. The topological polar surface area (TPSA) is 32.3 Å². The van der Waals surface area contributed by atoms with Crippen LogP contribution in [-0.4, -0.2) is 47.5 Å². The number of nitrogens with one attached hydrogen (secondary N) is 1. The lowest BCUT2D eigenvalue weighted by molar-refractivity contribution is -0.132. The van der Waals surface area contributed by atoms with Gasteiger partial charge in [0.2, 0.25) is 5.91 Å². The van der Waals surface area contributed by atoms with Gasteiger partial charge in [-0.15, -0.1) is 11.8 Å². The van der Waals surface area contributed by atoms with E-state index < -0.39 is 0 Å². The van der Waals surface area contributed by atoms with Crippen LogP contribution in [0.4, 0.5) is 0 Å². The molecular weight excluding hydrogens is 244 g/mol. The summed E-state index contributed by atoms with van der Waals surface area (Å²) in [5.41, 5.74) is 0. The van der Waals surface area contributed by atoms with Gasteiger partial charge in [-0.25, -0.2) is 0 Å². The minimum Gasteiger partial charge on any atom is -0.338 e. The van der Waals surface area contributed by atoms with Gasteiger partial charge in [-0.3, -0.25) is 4.79 Å². The van der Waals surface area contributed by atoms with Crippen LogP contribution in [0.2, 0.25) is 0 Å². The first-order chi connectivity index (χ1) is 8.84. The Morgan fingerprint density at radius 2 is 1.94 bits per heavy atom. The molecule has 1 atom stereocenters. The molecule has 18 heavy (non-hydrogen) atoms. The third-order valence-corrected chi connectivity index (χ3v) is 5.75. The van der Waals surface area contributed by atoms with E-state index in [-0.39, 0.29) is 5.25 Å². The standard InChI is InChI=1S/C14H24N2OS/c17-14(13-2-1-9-18-13)16(12-3-4-12)10-11-5-7-15-8-6-11/h11-13,15H,1-10H2. The highest BCUT2D eigenvalue weighted by molar-refractivity contribution is 8.00. The fourth-order valence-corrected chi connectivity index (χ4v) is 4.33. The lowest BCUT2D eigenvalue weighted by Gasteiger charge is -2.31. The Bertz CT molecular complexity index is 294. The van der Waals surface area contributed by atoms with Crippen LogP contribution in [0, 0.1) is 5.92 Å². The van der Waals surface area contributed by atoms with Gasteiger partial charge in [0, 0.05) is 12.6 Å². The lowest BCUT2D eigenvalue weighted by Crippen LogP contribution is -2.43. The number of hydrogen-bond donors (Lipinski definition) is 1. The largest absolute Gasteiger partial charge is 0.338 e. The summed E-state index contributed by atoms with van der Waals surface area (Å²) in [6, 6.07) is 0.591. The second kappa shape index (κ2) is 5.83. The maximum Gasteiger partial charge on any atom is 0.235 e. The molecule has 1 unspecified atom stereocenters. The van der Waals surface area contributed by atoms with E-state index in [9.17, 15) is 4.79 Å². The number of amides is 1. The summed E-state index contributed by atoms with van der Waals surface area (Å²) in [7, 11) is 0. The van der Waals surface area contributed by atoms with Crippen LogP contribution in [0.25, 0.3) is 0 Å². The highest BCUT2D eigenvalue weighted by Gasteiger charge is 2.38. The summed E-state index contributed by atoms with van der Waals surface area (Å²) in [5, 5.41) is 3.69. The summed E-state index contributed by atoms with van der Waals surface area (Å²) < 4.78 is 0. The number of thioether (sulfide) groups is 1. The highest BCUT2D eigenvalue weighted by atomic mass is 32.2. The van der Waals surface area contributed by atoms with Crippen molar-refractivity contribution in [2.24, 2.45) is 5.92 Å². The molecule has 1 saturated carbocycles. The van der Waals surface area contributed by atoms with Gasteiger partial charge in [-0.1, -0.05) is 0 Å². The summed E-state index contributed by atoms with van der Waals surface area (Å²) in [4.78, 5) is 14.8. The smallest absolute Gasteiger partial charge is 0.235 e. The summed E-state index contributed by atoms with van der Waals surface area (Å²) >= 11 is 1.88. The summed E-state index contributed by atoms with van der Waals surface area (Å²) in [6.45, 7) is 3.30. The van der Waals surface area contributed by atoms with Crippen molar-refractivity contribution >= 4 is 17.7 Å². The van der Waals surface area contributed by atoms with Crippen LogP contribution < -0.4 is 5.32 Å². The zero-order chi connectivity index (χ0) is 12.4. The first-order valence-electron chi connectivity index (χ1n) is 7.47. The van der Waals surface area contributed by atoms with Gasteiger partial charge in [0.15, 0.2) is 0 Å². The quantitative estimate of drug-likeness (QED) is 0.845. The number of nitrogens with zero attached hydrogens (tertiary/aromatic N) is 1. The van der Waals surface area contributed by atoms with Crippen molar-refractivity contribution in [3.05, 3.63) is 0 Å². The highest BCUT2D eigenvalue weighted by Crippen LogP contribution is 2.34. The van der Waals surface area contributed by atoms with Gasteiger partial charge in [0.1, 0.15) is 0 Å². The summed E-state index contributed by atoms with van der Waals surface area (Å²) in [6.07, 6.45) is 7.32. The molecule has 2 heterocycles. The van der Waals surface area contributed by atoms with Crippen LogP contribution >= 0.6 is 11.8 Å². The molecule has 1 aliphatic carbocycles. The predicted molar refractivity (Wildman–Crippen MR) is 75.8 cm³/mol. The summed E-state index contributed by atoms with van der Waals surface area (Å²) in [5.74, 6) is 2.38. The molecule has 3 rings (SSSR count). The fraction of sp³-hybridized carbons (Fsp3) is 0.929. The predicted octanol–water partition coefficient (Wildman–Crippen LogP) is 1.87. The minimum atomic E-state index is 0.285. The van der Waals surface area contributed by atoms with E-state index in [0.29, 0.717) is 11.9 Å². The molecule has 0 aromatic rings. The van der Waals surface area contributed by atoms with Crippen LogP contribution in [0.1, 0.15) is 38.5 Å². The van der Waals surface area contributed by atoms with Gasteiger partial charge >= 0.3 is 0 Å². The first kappa shape index (κ1) is 12.8. The molecule has 0 spiro atoms. The van der Waals surface area contributed by atoms with E-state index in [1.807, 2.05) is 11.8 Å². The normalized spacial score (nSPS) is 29.4. The van der Waals surface area contributed by atoms with E-state index >= 15 is 0 Å². The molecule has 1 amide bonds. The van der Waals surface area contributed by atoms with E-state index in [4.69, 9.17) is 0 Å². The Morgan fingerprint density at radius 1 is 1.17 bits per heavy atom. The monoisotopic (exact) mass is 268 g/mol. The third-order valence-electron chi connectivity index (χ3n) is 4.39. The van der Waals surface area contributed by atoms with Gasteiger partial charge < -0.3 is 10.2 Å². The maximum absolute atomic E-state index is 12.6. The molecule has 2 saturated heterocycles. The number of hydrogen-bond acceptors (Lipinski definition) is 3. The van der Waals surface area contributed by atoms with Gasteiger partial charge in [-0.2, -0.15) is 0 Å². The Hall–Kier alpha value is -0.220. The lowest BCUT2D eigenvalue weighted by atomic mass is 9.97. The molecule has 2 aliphatic heterocycles. The Labute approximate surface area is 114 Å². The van der Waals surface area contributed by atoms with Crippen molar-refractivity contribution in [2.45, 2.75) is 49.8 Å². The second-order valence-electron chi connectivity index (χ2n) is 5.92. The van der Waals surface area contributed by atoms with Gasteiger partial charge in [0.05, 0.1) is 5.25 Å². The average molecular weight is 268 g/mol. The Balaban J connectivity index is 1.58. The number of carbonyl (C=O) groups excluding carboxylic acids is 1. The van der Waals surface area contributed by atoms with Crippen molar-refractivity contribution in [3.8, 4) is 0 Å². The molecule has 0 radical (unpaired) electrons. The first-order valence-corrected chi connectivity index (χ1v) is 8.52. The van der Waals surface area contributed by atoms with Gasteiger partial charge in [0.25, 0.3) is 0 Å². The molecule has 1 N–H and O–H groups in total. The van der Waals surface area contributed by atoms with Crippen molar-refractivity contribution in [1.82, 2.24) is 10.2 Å². The van der Waals surface area contributed by atoms with Crippen molar-refractivity contribution in [3.63, 3.8) is 0 Å². The maximum atomic E-state index is 12.6. The minimum absolute atomic E-state index is 0.285. The van der Waals surface area contributed by atoms with Crippen LogP contribution in [0.15, 0.2) is 0 Å². The number of rotatable bonds is 4. The number of piperidine rings is 1. The van der Waals surface area contributed by atoms with Crippen molar-refractivity contribution in [2.75, 3.05) is 25.4 Å². The van der Waals surface area contributed by atoms with Gasteiger partial charge in [-0.05, 0) is 63.3 Å². The fourth-order valence-electron chi connectivity index (χ4n) is 3.11.